The molecule has 26 heavy (non-hydrogen) atoms. The number of hydrogen-bond acceptors (Lipinski definition) is 5. The van der Waals surface area contributed by atoms with Crippen LogP contribution >= 0.6 is 0 Å². The van der Waals surface area contributed by atoms with Crippen molar-refractivity contribution in [3.8, 4) is 5.75 Å². The quantitative estimate of drug-likeness (QED) is 0.845. The maximum absolute atomic E-state index is 12.0. The molecular weight excluding hydrogens is 328 g/mol. The van der Waals surface area contributed by atoms with Gasteiger partial charge in [-0.05, 0) is 18.6 Å². The van der Waals surface area contributed by atoms with Crippen molar-refractivity contribution in [3.05, 3.63) is 47.4 Å². The molecule has 2 aromatic rings. The molecule has 0 aliphatic carbocycles. The number of likely N-dealkylation sites (tertiary alicyclic amines) is 1. The fourth-order valence-corrected chi connectivity index (χ4v) is 3.96. The average molecular weight is 352 g/mol. The second-order valence-corrected chi connectivity index (χ2v) is 7.08. The zero-order valence-electron chi connectivity index (χ0n) is 15.3. The van der Waals surface area contributed by atoms with Gasteiger partial charge >= 0.3 is 0 Å². The summed E-state index contributed by atoms with van der Waals surface area (Å²) in [6.07, 6.45) is 3.00. The van der Waals surface area contributed by atoms with E-state index in [2.05, 4.69) is 28.0 Å². The predicted molar refractivity (Wildman–Crippen MR) is 99.2 cm³/mol. The minimum atomic E-state index is 0.259. The first kappa shape index (κ1) is 16.8. The number of carbonyl (C=O) groups excluding carboxylic acids is 1. The SMILES string of the molecule is CCN1CC(CN(C)c2ncnc3c2Cc2ccccc2OC3)CC1=O. The van der Waals surface area contributed by atoms with E-state index in [-0.39, 0.29) is 5.91 Å². The number of hydrogen-bond donors (Lipinski definition) is 0. The highest BCUT2D eigenvalue weighted by molar-refractivity contribution is 5.78. The molecule has 1 unspecified atom stereocenters. The first-order valence-corrected chi connectivity index (χ1v) is 9.18. The van der Waals surface area contributed by atoms with E-state index in [0.29, 0.717) is 18.9 Å². The molecule has 1 aromatic heterocycles. The van der Waals surface area contributed by atoms with Crippen LogP contribution < -0.4 is 9.64 Å². The number of amides is 1. The fourth-order valence-electron chi connectivity index (χ4n) is 3.96. The number of para-hydroxylation sites is 1. The second kappa shape index (κ2) is 6.94. The van der Waals surface area contributed by atoms with Gasteiger partial charge < -0.3 is 14.5 Å². The number of fused-ring (bicyclic) bond motifs is 2. The van der Waals surface area contributed by atoms with Crippen LogP contribution in [0.15, 0.2) is 30.6 Å². The van der Waals surface area contributed by atoms with Gasteiger partial charge in [0, 0.05) is 51.0 Å². The zero-order valence-corrected chi connectivity index (χ0v) is 15.3. The lowest BCUT2D eigenvalue weighted by Gasteiger charge is -2.24. The van der Waals surface area contributed by atoms with Gasteiger partial charge in [-0.15, -0.1) is 0 Å². The van der Waals surface area contributed by atoms with E-state index in [9.17, 15) is 4.79 Å². The van der Waals surface area contributed by atoms with Crippen LogP contribution in [0.2, 0.25) is 0 Å². The highest BCUT2D eigenvalue weighted by atomic mass is 16.5. The molecule has 0 saturated carbocycles. The van der Waals surface area contributed by atoms with Gasteiger partial charge in [0.1, 0.15) is 24.5 Å². The first-order chi connectivity index (χ1) is 12.7. The molecule has 6 heteroatoms. The van der Waals surface area contributed by atoms with Crippen molar-refractivity contribution in [1.82, 2.24) is 14.9 Å². The van der Waals surface area contributed by atoms with Gasteiger partial charge in [-0.1, -0.05) is 18.2 Å². The normalized spacial score (nSPS) is 18.8. The summed E-state index contributed by atoms with van der Waals surface area (Å²) in [6, 6.07) is 8.12. The van der Waals surface area contributed by atoms with Crippen LogP contribution in [0.3, 0.4) is 0 Å². The first-order valence-electron chi connectivity index (χ1n) is 9.18. The van der Waals surface area contributed by atoms with E-state index in [1.165, 1.54) is 0 Å². The number of carbonyl (C=O) groups is 1. The molecule has 3 heterocycles. The van der Waals surface area contributed by atoms with Gasteiger partial charge in [0.15, 0.2) is 0 Å². The summed E-state index contributed by atoms with van der Waals surface area (Å²) in [4.78, 5) is 25.1. The molecule has 1 atom stereocenters. The monoisotopic (exact) mass is 352 g/mol. The lowest BCUT2D eigenvalue weighted by molar-refractivity contribution is -0.127. The molecule has 1 aromatic carbocycles. The summed E-state index contributed by atoms with van der Waals surface area (Å²) < 4.78 is 5.93. The van der Waals surface area contributed by atoms with Crippen molar-refractivity contribution in [2.45, 2.75) is 26.4 Å². The maximum atomic E-state index is 12.0. The van der Waals surface area contributed by atoms with E-state index < -0.39 is 0 Å². The number of ether oxygens (including phenoxy) is 1. The Balaban J connectivity index is 1.58. The van der Waals surface area contributed by atoms with Crippen LogP contribution in [0.1, 0.15) is 30.2 Å². The maximum Gasteiger partial charge on any atom is 0.222 e. The van der Waals surface area contributed by atoms with Crippen LogP contribution in [-0.4, -0.2) is 47.5 Å². The van der Waals surface area contributed by atoms with Gasteiger partial charge in [-0.2, -0.15) is 0 Å². The Morgan fingerprint density at radius 1 is 1.31 bits per heavy atom. The Bertz CT molecular complexity index is 823. The third kappa shape index (κ3) is 3.11. The fraction of sp³-hybridized carbons (Fsp3) is 0.450. The number of aromatic nitrogens is 2. The summed E-state index contributed by atoms with van der Waals surface area (Å²) in [7, 11) is 2.05. The molecule has 1 fully saturated rings. The van der Waals surface area contributed by atoms with E-state index in [1.54, 1.807) is 6.33 Å². The van der Waals surface area contributed by atoms with Crippen LogP contribution in [0, 0.1) is 5.92 Å². The Kier molecular flexibility index (Phi) is 4.49. The van der Waals surface area contributed by atoms with Crippen LogP contribution in [0.4, 0.5) is 5.82 Å². The number of nitrogens with zero attached hydrogens (tertiary/aromatic N) is 4. The average Bonchev–Trinajstić information content (AvgIpc) is 2.89. The molecule has 1 saturated heterocycles. The predicted octanol–water partition coefficient (Wildman–Crippen LogP) is 2.26. The molecule has 2 aliphatic heterocycles. The second-order valence-electron chi connectivity index (χ2n) is 7.08. The smallest absolute Gasteiger partial charge is 0.222 e. The molecule has 0 spiro atoms. The topological polar surface area (TPSA) is 58.6 Å². The highest BCUT2D eigenvalue weighted by Gasteiger charge is 2.30. The summed E-state index contributed by atoms with van der Waals surface area (Å²) in [5.74, 6) is 2.46. The largest absolute Gasteiger partial charge is 0.487 e. The van der Waals surface area contributed by atoms with E-state index in [1.807, 2.05) is 30.0 Å². The summed E-state index contributed by atoms with van der Waals surface area (Å²) in [5.41, 5.74) is 3.22. The third-order valence-corrected chi connectivity index (χ3v) is 5.29. The number of benzene rings is 1. The Labute approximate surface area is 153 Å². The standard InChI is InChI=1S/C20H24N4O2/c1-3-24-11-14(8-19(24)25)10-23(2)20-16-9-15-6-4-5-7-18(15)26-12-17(16)21-13-22-20/h4-7,13-14H,3,8-12H2,1-2H3. The van der Waals surface area contributed by atoms with Crippen molar-refractivity contribution in [3.63, 3.8) is 0 Å². The molecule has 4 rings (SSSR count). The minimum Gasteiger partial charge on any atom is -0.487 e. The molecule has 6 nitrogen and oxygen atoms in total. The van der Waals surface area contributed by atoms with Gasteiger partial charge in [0.2, 0.25) is 5.91 Å². The van der Waals surface area contributed by atoms with Crippen molar-refractivity contribution >= 4 is 11.7 Å². The Morgan fingerprint density at radius 2 is 2.15 bits per heavy atom. The van der Waals surface area contributed by atoms with Crippen LogP contribution in [0.25, 0.3) is 0 Å². The Morgan fingerprint density at radius 3 is 2.96 bits per heavy atom. The Hall–Kier alpha value is -2.63. The van der Waals surface area contributed by atoms with Crippen molar-refractivity contribution in [2.24, 2.45) is 5.92 Å². The van der Waals surface area contributed by atoms with Crippen molar-refractivity contribution < 1.29 is 9.53 Å². The lowest BCUT2D eigenvalue weighted by Crippen LogP contribution is -2.30. The molecule has 2 aliphatic rings. The van der Waals surface area contributed by atoms with Gasteiger partial charge in [0.25, 0.3) is 0 Å². The van der Waals surface area contributed by atoms with Gasteiger partial charge in [-0.3, -0.25) is 4.79 Å². The van der Waals surface area contributed by atoms with Gasteiger partial charge in [0.05, 0.1) is 5.69 Å². The molecule has 136 valence electrons. The number of rotatable bonds is 4. The number of anilines is 1. The van der Waals surface area contributed by atoms with E-state index in [0.717, 1.165) is 54.4 Å². The molecule has 0 radical (unpaired) electrons. The van der Waals surface area contributed by atoms with Gasteiger partial charge in [-0.25, -0.2) is 9.97 Å². The van der Waals surface area contributed by atoms with Crippen molar-refractivity contribution in [2.75, 3.05) is 31.6 Å². The minimum absolute atomic E-state index is 0.259. The molecule has 0 N–H and O–H groups in total. The summed E-state index contributed by atoms with van der Waals surface area (Å²) in [5, 5.41) is 0. The van der Waals surface area contributed by atoms with E-state index in [4.69, 9.17) is 4.74 Å². The van der Waals surface area contributed by atoms with Crippen molar-refractivity contribution in [1.29, 1.82) is 0 Å². The summed E-state index contributed by atoms with van der Waals surface area (Å²) >= 11 is 0. The molecule has 1 amide bonds. The summed E-state index contributed by atoms with van der Waals surface area (Å²) in [6.45, 7) is 4.93. The molecular formula is C20H24N4O2. The van der Waals surface area contributed by atoms with E-state index >= 15 is 0 Å². The van der Waals surface area contributed by atoms with Crippen LogP contribution in [-0.2, 0) is 17.8 Å². The van der Waals surface area contributed by atoms with Crippen LogP contribution in [0.5, 0.6) is 5.75 Å². The lowest BCUT2D eigenvalue weighted by atomic mass is 10.0. The third-order valence-electron chi connectivity index (χ3n) is 5.29. The zero-order chi connectivity index (χ0) is 18.1. The highest BCUT2D eigenvalue weighted by Crippen LogP contribution is 2.31. The molecule has 0 bridgehead atoms.